The smallest absolute Gasteiger partial charge is 0.411 e. The van der Waals surface area contributed by atoms with Crippen LogP contribution >= 0.6 is 0 Å². The Hall–Kier alpha value is -3.84. The Bertz CT molecular complexity index is 1640. The van der Waals surface area contributed by atoms with Crippen molar-refractivity contribution in [2.24, 2.45) is 11.8 Å². The van der Waals surface area contributed by atoms with Crippen molar-refractivity contribution in [1.82, 2.24) is 15.1 Å². The fourth-order valence-electron chi connectivity index (χ4n) is 6.66. The second-order valence-electron chi connectivity index (χ2n) is 14.1. The molecule has 2 heterocycles. The Labute approximate surface area is 315 Å². The highest BCUT2D eigenvalue weighted by atomic mass is 32.2. The molecule has 1 unspecified atom stereocenters. The number of anilines is 1. The van der Waals surface area contributed by atoms with Crippen LogP contribution in [0.25, 0.3) is 0 Å². The molecule has 0 aromatic heterocycles. The number of nitrogens with zero attached hydrogens (tertiary/aromatic N) is 1. The van der Waals surface area contributed by atoms with Gasteiger partial charge in [-0.15, -0.1) is 0 Å². The minimum Gasteiger partial charge on any atom is -0.445 e. The lowest BCUT2D eigenvalue weighted by atomic mass is 10.0. The third-order valence-electron chi connectivity index (χ3n) is 9.68. The van der Waals surface area contributed by atoms with Gasteiger partial charge in [-0.3, -0.25) is 14.9 Å². The average Bonchev–Trinajstić information content (AvgIpc) is 3.91. The summed E-state index contributed by atoms with van der Waals surface area (Å²) in [6, 6.07) is 13.7. The maximum absolute atomic E-state index is 14.3. The van der Waals surface area contributed by atoms with Gasteiger partial charge in [0.15, 0.2) is 6.29 Å². The first-order chi connectivity index (χ1) is 25.9. The van der Waals surface area contributed by atoms with Gasteiger partial charge in [0.05, 0.1) is 61.8 Å². The van der Waals surface area contributed by atoms with E-state index in [0.29, 0.717) is 25.9 Å². The maximum atomic E-state index is 14.3. The summed E-state index contributed by atoms with van der Waals surface area (Å²) in [4.78, 5) is 44.2. The number of hydroxylamine groups is 1. The van der Waals surface area contributed by atoms with E-state index >= 15 is 0 Å². The molecule has 17 heteroatoms. The Kier molecular flexibility index (Phi) is 15.0. The number of carbonyl (C=O) groups excluding carboxylic acids is 3. The van der Waals surface area contributed by atoms with Gasteiger partial charge in [0.1, 0.15) is 12.2 Å². The molecule has 1 aliphatic carbocycles. The predicted molar refractivity (Wildman–Crippen MR) is 194 cm³/mol. The van der Waals surface area contributed by atoms with E-state index in [1.54, 1.807) is 13.8 Å². The summed E-state index contributed by atoms with van der Waals surface area (Å²) in [6.07, 6.45) is -1.61. The normalized spacial score (nSPS) is 21.7. The third kappa shape index (κ3) is 11.6. The van der Waals surface area contributed by atoms with Crippen molar-refractivity contribution in [1.29, 1.82) is 0 Å². The van der Waals surface area contributed by atoms with Crippen LogP contribution in [0.3, 0.4) is 0 Å². The molecule has 54 heavy (non-hydrogen) atoms. The predicted octanol–water partition coefficient (Wildman–Crippen LogP) is 3.08. The van der Waals surface area contributed by atoms with Crippen LogP contribution in [0.5, 0.6) is 0 Å². The standard InChI is InChI=1S/C37H52N4O12S/c1-24(2)32(21-34(44)38-16-17-42)51-36(45)39-26-11-8-14-28(20-26)54(47,48)41(53-27-12-6-7-13-27)22-31(43)30(19-25-9-4-3-5-10-25)40-37(46)52-33-23-50-35-29(33)15-18-49-35/h3-5,8-11,14,20,24,27,29-33,35,42-43H,6-7,12-13,15-19,21-23H2,1-2H3,(H,38,44)(H,39,45)(H,40,46)/t29-,30-,31+,32?,33-,35+/m0/s1. The third-order valence-corrected chi connectivity index (χ3v) is 11.3. The van der Waals surface area contributed by atoms with Gasteiger partial charge in [0.2, 0.25) is 5.91 Å². The first-order valence-electron chi connectivity index (χ1n) is 18.5. The molecule has 3 amide bonds. The van der Waals surface area contributed by atoms with Gasteiger partial charge < -0.3 is 39.8 Å². The summed E-state index contributed by atoms with van der Waals surface area (Å²) in [5.41, 5.74) is 0.893. The molecule has 2 aromatic carbocycles. The summed E-state index contributed by atoms with van der Waals surface area (Å²) < 4.78 is 51.6. The summed E-state index contributed by atoms with van der Waals surface area (Å²) in [5, 5.41) is 28.5. The van der Waals surface area contributed by atoms with Crippen molar-refractivity contribution in [3.8, 4) is 0 Å². The number of fused-ring (bicyclic) bond motifs is 1. The van der Waals surface area contributed by atoms with E-state index < -0.39 is 71.4 Å². The van der Waals surface area contributed by atoms with Crippen LogP contribution in [-0.2, 0) is 45.0 Å². The van der Waals surface area contributed by atoms with E-state index in [1.165, 1.54) is 24.3 Å². The lowest BCUT2D eigenvalue weighted by molar-refractivity contribution is -0.145. The zero-order valence-corrected chi connectivity index (χ0v) is 31.4. The van der Waals surface area contributed by atoms with Gasteiger partial charge >= 0.3 is 12.2 Å². The number of alkyl carbamates (subject to hydrolysis) is 1. The number of ether oxygens (including phenoxy) is 4. The zero-order chi connectivity index (χ0) is 38.7. The molecular weight excluding hydrogens is 724 g/mol. The van der Waals surface area contributed by atoms with Gasteiger partial charge in [-0.1, -0.05) is 67.6 Å². The first-order valence-corrected chi connectivity index (χ1v) is 19.9. The topological polar surface area (TPSA) is 211 Å². The lowest BCUT2D eigenvalue weighted by Crippen LogP contribution is -2.51. The number of benzene rings is 2. The van der Waals surface area contributed by atoms with E-state index in [1.807, 2.05) is 30.3 Å². The van der Waals surface area contributed by atoms with Crippen molar-refractivity contribution in [2.75, 3.05) is 38.2 Å². The van der Waals surface area contributed by atoms with Crippen LogP contribution in [0, 0.1) is 11.8 Å². The number of aliphatic hydroxyl groups excluding tert-OH is 2. The van der Waals surface area contributed by atoms with Crippen LogP contribution < -0.4 is 16.0 Å². The fourth-order valence-corrected chi connectivity index (χ4v) is 8.01. The Morgan fingerprint density at radius 2 is 1.76 bits per heavy atom. The molecule has 6 atom stereocenters. The van der Waals surface area contributed by atoms with Gasteiger partial charge in [0, 0.05) is 12.2 Å². The molecule has 2 saturated heterocycles. The lowest BCUT2D eigenvalue weighted by Gasteiger charge is -2.31. The number of aliphatic hydroxyl groups is 2. The van der Waals surface area contributed by atoms with Crippen LogP contribution in [0.15, 0.2) is 59.5 Å². The molecule has 2 aromatic rings. The van der Waals surface area contributed by atoms with Gasteiger partial charge in [-0.05, 0) is 55.4 Å². The van der Waals surface area contributed by atoms with Crippen molar-refractivity contribution >= 4 is 33.8 Å². The van der Waals surface area contributed by atoms with Gasteiger partial charge in [0.25, 0.3) is 10.0 Å². The maximum Gasteiger partial charge on any atom is 0.411 e. The van der Waals surface area contributed by atoms with Crippen molar-refractivity contribution < 1.29 is 56.8 Å². The molecule has 3 fully saturated rings. The van der Waals surface area contributed by atoms with Crippen molar-refractivity contribution in [3.63, 3.8) is 0 Å². The molecule has 298 valence electrons. The number of hydrogen-bond acceptors (Lipinski definition) is 12. The van der Waals surface area contributed by atoms with Crippen molar-refractivity contribution in [3.05, 3.63) is 60.2 Å². The molecule has 3 aliphatic rings. The number of sulfonamides is 1. The highest BCUT2D eigenvalue weighted by Crippen LogP contribution is 2.33. The van der Waals surface area contributed by atoms with Gasteiger partial charge in [-0.2, -0.15) is 0 Å². The molecule has 5 N–H and O–H groups in total. The highest BCUT2D eigenvalue weighted by molar-refractivity contribution is 7.89. The van der Waals surface area contributed by atoms with Crippen LogP contribution in [0.2, 0.25) is 0 Å². The number of carbonyl (C=O) groups is 3. The molecule has 2 aliphatic heterocycles. The Morgan fingerprint density at radius 1 is 1.00 bits per heavy atom. The van der Waals surface area contributed by atoms with E-state index in [2.05, 4.69) is 16.0 Å². The number of amides is 3. The Morgan fingerprint density at radius 3 is 2.48 bits per heavy atom. The van der Waals surface area contributed by atoms with Crippen LogP contribution in [0.4, 0.5) is 15.3 Å². The van der Waals surface area contributed by atoms with Gasteiger partial charge in [-0.25, -0.2) is 18.0 Å². The fraction of sp³-hybridized carbons (Fsp3) is 0.595. The minimum absolute atomic E-state index is 0.0690. The number of hydrogen-bond donors (Lipinski definition) is 5. The van der Waals surface area contributed by atoms with Crippen molar-refractivity contribution in [2.45, 2.75) is 100 Å². The quantitative estimate of drug-likeness (QED) is 0.138. The van der Waals surface area contributed by atoms with E-state index in [-0.39, 0.29) is 55.0 Å². The molecule has 0 bridgehead atoms. The molecule has 5 rings (SSSR count). The molecule has 0 spiro atoms. The second-order valence-corrected chi connectivity index (χ2v) is 15.9. The zero-order valence-electron chi connectivity index (χ0n) is 30.6. The van der Waals surface area contributed by atoms with E-state index in [9.17, 15) is 27.9 Å². The first kappa shape index (κ1) is 41.3. The van der Waals surface area contributed by atoms with Crippen LogP contribution in [0.1, 0.15) is 57.9 Å². The molecule has 0 radical (unpaired) electrons. The highest BCUT2D eigenvalue weighted by Gasteiger charge is 2.44. The summed E-state index contributed by atoms with van der Waals surface area (Å²) in [7, 11) is -4.46. The molecular formula is C37H52N4O12S. The number of nitrogens with one attached hydrogen (secondary N) is 3. The second kappa shape index (κ2) is 19.7. The number of rotatable bonds is 18. The largest absolute Gasteiger partial charge is 0.445 e. The monoisotopic (exact) mass is 776 g/mol. The van der Waals surface area contributed by atoms with Crippen LogP contribution in [-0.4, -0.2) is 111 Å². The average molecular weight is 777 g/mol. The van der Waals surface area contributed by atoms with E-state index in [0.717, 1.165) is 22.9 Å². The summed E-state index contributed by atoms with van der Waals surface area (Å²) in [5.74, 6) is -0.712. The van der Waals surface area contributed by atoms with E-state index in [4.69, 9.17) is 28.9 Å². The summed E-state index contributed by atoms with van der Waals surface area (Å²) >= 11 is 0. The summed E-state index contributed by atoms with van der Waals surface area (Å²) in [6.45, 7) is 3.56. The molecule has 1 saturated carbocycles. The Balaban J connectivity index is 1.31. The molecule has 16 nitrogen and oxygen atoms in total. The minimum atomic E-state index is -4.46. The SMILES string of the molecule is CC(C)C(CC(=O)NCCO)OC(=O)Nc1cccc(S(=O)(=O)N(C[C@@H](O)[C@H](Cc2ccccc2)NC(=O)O[C@H]2CO[C@H]3OCC[C@H]32)OC2CCCC2)c1.